The number of carbonyl (C=O) groups is 1. The van der Waals surface area contributed by atoms with Crippen LogP contribution >= 0.6 is 0 Å². The van der Waals surface area contributed by atoms with Crippen LogP contribution in [0.25, 0.3) is 0 Å². The second kappa shape index (κ2) is 5.37. The number of aryl methyl sites for hydroxylation is 1. The fourth-order valence-electron chi connectivity index (χ4n) is 1.15. The Bertz CT molecular complexity index is 332. The SMILES string of the molecule is CC.Cc1ccc(F)c(C)c1C(=O)O. The highest BCUT2D eigenvalue weighted by Crippen LogP contribution is 2.16. The molecule has 1 N–H and O–H groups in total. The molecule has 0 aromatic heterocycles. The maximum atomic E-state index is 12.9. The molecule has 1 rings (SSSR count). The van der Waals surface area contributed by atoms with Crippen LogP contribution in [0.3, 0.4) is 0 Å². The van der Waals surface area contributed by atoms with E-state index in [1.807, 2.05) is 13.8 Å². The monoisotopic (exact) mass is 198 g/mol. The van der Waals surface area contributed by atoms with E-state index in [1.165, 1.54) is 19.1 Å². The van der Waals surface area contributed by atoms with Crippen molar-refractivity contribution in [2.24, 2.45) is 0 Å². The van der Waals surface area contributed by atoms with Gasteiger partial charge in [0, 0.05) is 0 Å². The van der Waals surface area contributed by atoms with Crippen LogP contribution in [0.15, 0.2) is 12.1 Å². The molecule has 2 nitrogen and oxygen atoms in total. The van der Waals surface area contributed by atoms with Crippen molar-refractivity contribution in [3.05, 3.63) is 34.6 Å². The third-order valence-electron chi connectivity index (χ3n) is 1.82. The molecule has 0 radical (unpaired) electrons. The number of aromatic carboxylic acids is 1. The maximum Gasteiger partial charge on any atom is 0.336 e. The Morgan fingerprint density at radius 2 is 1.79 bits per heavy atom. The van der Waals surface area contributed by atoms with E-state index in [1.54, 1.807) is 6.92 Å². The highest BCUT2D eigenvalue weighted by molar-refractivity contribution is 5.91. The first-order valence-electron chi connectivity index (χ1n) is 4.53. The average molecular weight is 198 g/mol. The molecule has 1 aromatic rings. The lowest BCUT2D eigenvalue weighted by molar-refractivity contribution is 0.0694. The summed E-state index contributed by atoms with van der Waals surface area (Å²) >= 11 is 0. The topological polar surface area (TPSA) is 37.3 Å². The summed E-state index contributed by atoms with van der Waals surface area (Å²) in [4.78, 5) is 10.6. The fourth-order valence-corrected chi connectivity index (χ4v) is 1.15. The van der Waals surface area contributed by atoms with Crippen LogP contribution in [0.4, 0.5) is 4.39 Å². The van der Waals surface area contributed by atoms with Crippen LogP contribution in [0.1, 0.15) is 35.3 Å². The molecule has 0 aliphatic rings. The molecule has 0 unspecified atom stereocenters. The number of rotatable bonds is 1. The lowest BCUT2D eigenvalue weighted by Gasteiger charge is -2.04. The average Bonchev–Trinajstić information content (AvgIpc) is 2.15. The Morgan fingerprint density at radius 3 is 2.14 bits per heavy atom. The summed E-state index contributed by atoms with van der Waals surface area (Å²) in [6.07, 6.45) is 0. The first-order valence-corrected chi connectivity index (χ1v) is 4.53. The Labute approximate surface area is 83.4 Å². The maximum absolute atomic E-state index is 12.9. The molecular formula is C11H15FO2. The predicted octanol–water partition coefficient (Wildman–Crippen LogP) is 3.17. The van der Waals surface area contributed by atoms with E-state index in [0.29, 0.717) is 5.56 Å². The standard InChI is InChI=1S/C9H9FO2.C2H6/c1-5-3-4-7(10)6(2)8(5)9(11)12;1-2/h3-4H,1-2H3,(H,11,12);1-2H3. The molecule has 0 atom stereocenters. The molecule has 0 amide bonds. The van der Waals surface area contributed by atoms with Gasteiger partial charge in [-0.3, -0.25) is 0 Å². The van der Waals surface area contributed by atoms with Gasteiger partial charge in [-0.2, -0.15) is 0 Å². The predicted molar refractivity (Wildman–Crippen MR) is 54.2 cm³/mol. The van der Waals surface area contributed by atoms with Gasteiger partial charge in [0.1, 0.15) is 5.82 Å². The molecule has 0 aliphatic heterocycles. The third-order valence-corrected chi connectivity index (χ3v) is 1.82. The first-order chi connectivity index (χ1) is 6.54. The zero-order valence-electron chi connectivity index (χ0n) is 8.89. The van der Waals surface area contributed by atoms with Crippen LogP contribution in [0, 0.1) is 19.7 Å². The molecule has 3 heteroatoms. The Kier molecular flexibility index (Phi) is 4.84. The summed E-state index contributed by atoms with van der Waals surface area (Å²) in [5.41, 5.74) is 0.846. The van der Waals surface area contributed by atoms with Gasteiger partial charge in [-0.15, -0.1) is 0 Å². The van der Waals surface area contributed by atoms with E-state index in [0.717, 1.165) is 0 Å². The van der Waals surface area contributed by atoms with Gasteiger partial charge in [-0.1, -0.05) is 19.9 Å². The fraction of sp³-hybridized carbons (Fsp3) is 0.364. The summed E-state index contributed by atoms with van der Waals surface area (Å²) in [6.45, 7) is 7.11. The second-order valence-corrected chi connectivity index (χ2v) is 2.67. The van der Waals surface area contributed by atoms with Crippen LogP contribution < -0.4 is 0 Å². The van der Waals surface area contributed by atoms with Crippen molar-refractivity contribution in [2.75, 3.05) is 0 Å². The highest BCUT2D eigenvalue weighted by Gasteiger charge is 2.12. The molecule has 78 valence electrons. The number of hydrogen-bond acceptors (Lipinski definition) is 1. The van der Waals surface area contributed by atoms with Crippen LogP contribution in [0.5, 0.6) is 0 Å². The molecule has 0 saturated heterocycles. The second-order valence-electron chi connectivity index (χ2n) is 2.67. The van der Waals surface area contributed by atoms with Gasteiger partial charge in [0.2, 0.25) is 0 Å². The van der Waals surface area contributed by atoms with Gasteiger partial charge in [0.15, 0.2) is 0 Å². The van der Waals surface area contributed by atoms with E-state index in [9.17, 15) is 9.18 Å². The van der Waals surface area contributed by atoms with Gasteiger partial charge in [-0.25, -0.2) is 9.18 Å². The molecule has 14 heavy (non-hydrogen) atoms. The Morgan fingerprint density at radius 1 is 1.29 bits per heavy atom. The van der Waals surface area contributed by atoms with Crippen molar-refractivity contribution in [1.82, 2.24) is 0 Å². The number of benzene rings is 1. The largest absolute Gasteiger partial charge is 0.478 e. The molecule has 1 aromatic carbocycles. The quantitative estimate of drug-likeness (QED) is 0.752. The Hall–Kier alpha value is -1.38. The van der Waals surface area contributed by atoms with Crippen molar-refractivity contribution in [3.8, 4) is 0 Å². The van der Waals surface area contributed by atoms with Crippen LogP contribution in [-0.4, -0.2) is 11.1 Å². The van der Waals surface area contributed by atoms with E-state index in [2.05, 4.69) is 0 Å². The van der Waals surface area contributed by atoms with Crippen molar-refractivity contribution >= 4 is 5.97 Å². The third kappa shape index (κ3) is 2.55. The number of halogens is 1. The number of hydrogen-bond donors (Lipinski definition) is 1. The lowest BCUT2D eigenvalue weighted by Crippen LogP contribution is -2.04. The minimum Gasteiger partial charge on any atom is -0.478 e. The highest BCUT2D eigenvalue weighted by atomic mass is 19.1. The van der Waals surface area contributed by atoms with Crippen molar-refractivity contribution in [2.45, 2.75) is 27.7 Å². The smallest absolute Gasteiger partial charge is 0.336 e. The Balaban J connectivity index is 0.000000791. The van der Waals surface area contributed by atoms with Crippen LogP contribution in [-0.2, 0) is 0 Å². The summed E-state index contributed by atoms with van der Waals surface area (Å²) < 4.78 is 12.9. The molecule has 0 saturated carbocycles. The van der Waals surface area contributed by atoms with Crippen molar-refractivity contribution in [1.29, 1.82) is 0 Å². The zero-order valence-corrected chi connectivity index (χ0v) is 8.89. The van der Waals surface area contributed by atoms with E-state index >= 15 is 0 Å². The number of carboxylic acid groups (broad SMARTS) is 1. The molecular weight excluding hydrogens is 183 g/mol. The summed E-state index contributed by atoms with van der Waals surface area (Å²) in [5, 5.41) is 8.70. The van der Waals surface area contributed by atoms with Gasteiger partial charge in [0.25, 0.3) is 0 Å². The van der Waals surface area contributed by atoms with Gasteiger partial charge in [0.05, 0.1) is 5.56 Å². The lowest BCUT2D eigenvalue weighted by atomic mass is 10.0. The van der Waals surface area contributed by atoms with E-state index in [4.69, 9.17) is 5.11 Å². The summed E-state index contributed by atoms with van der Waals surface area (Å²) in [6, 6.07) is 2.74. The first kappa shape index (κ1) is 12.6. The van der Waals surface area contributed by atoms with Crippen molar-refractivity contribution < 1.29 is 14.3 Å². The molecule has 0 bridgehead atoms. The van der Waals surface area contributed by atoms with Crippen molar-refractivity contribution in [3.63, 3.8) is 0 Å². The molecule has 0 fully saturated rings. The molecule has 0 aliphatic carbocycles. The van der Waals surface area contributed by atoms with Gasteiger partial charge in [-0.05, 0) is 31.0 Å². The molecule has 0 spiro atoms. The molecule has 0 heterocycles. The van der Waals surface area contributed by atoms with Crippen LogP contribution in [0.2, 0.25) is 0 Å². The zero-order chi connectivity index (χ0) is 11.3. The summed E-state index contributed by atoms with van der Waals surface area (Å²) in [5.74, 6) is -1.55. The van der Waals surface area contributed by atoms with E-state index < -0.39 is 11.8 Å². The minimum atomic E-state index is -1.08. The normalized spacial score (nSPS) is 8.93. The van der Waals surface area contributed by atoms with Gasteiger partial charge >= 0.3 is 5.97 Å². The van der Waals surface area contributed by atoms with E-state index in [-0.39, 0.29) is 11.1 Å². The summed E-state index contributed by atoms with van der Waals surface area (Å²) in [7, 11) is 0. The van der Waals surface area contributed by atoms with Gasteiger partial charge < -0.3 is 5.11 Å². The number of carboxylic acids is 1. The minimum absolute atomic E-state index is 0.0648.